The Morgan fingerprint density at radius 2 is 2.16 bits per heavy atom. The number of halogens is 2. The third-order valence-corrected chi connectivity index (χ3v) is 4.65. The van der Waals surface area contributed by atoms with Crippen molar-refractivity contribution in [2.75, 3.05) is 13.2 Å². The molecule has 1 aromatic carbocycles. The number of ether oxygens (including phenoxy) is 2. The summed E-state index contributed by atoms with van der Waals surface area (Å²) >= 11 is 0. The minimum atomic E-state index is -0.742. The second-order valence-corrected chi connectivity index (χ2v) is 7.18. The molecule has 0 radical (unpaired) electrons. The highest BCUT2D eigenvalue weighted by molar-refractivity contribution is 5.82. The van der Waals surface area contributed by atoms with Crippen LogP contribution in [0.25, 0.3) is 0 Å². The fraction of sp³-hybridized carbons (Fsp3) is 0.611. The van der Waals surface area contributed by atoms with Crippen molar-refractivity contribution < 1.29 is 27.9 Å². The number of carbonyl (C=O) groups is 1. The number of rotatable bonds is 6. The van der Waals surface area contributed by atoms with E-state index in [0.717, 1.165) is 18.2 Å². The fourth-order valence-electron chi connectivity index (χ4n) is 3.74. The van der Waals surface area contributed by atoms with Gasteiger partial charge in [-0.05, 0) is 45.7 Å². The van der Waals surface area contributed by atoms with Crippen molar-refractivity contribution in [2.24, 2.45) is 0 Å². The zero-order valence-corrected chi connectivity index (χ0v) is 14.7. The van der Waals surface area contributed by atoms with Crippen LogP contribution in [-0.2, 0) is 14.4 Å². The summed E-state index contributed by atoms with van der Waals surface area (Å²) in [7, 11) is 0. The van der Waals surface area contributed by atoms with Crippen LogP contribution in [0, 0.1) is 11.6 Å². The predicted octanol–water partition coefficient (Wildman–Crippen LogP) is 3.22. The van der Waals surface area contributed by atoms with Gasteiger partial charge in [0.05, 0.1) is 18.8 Å². The third kappa shape index (κ3) is 3.35. The van der Waals surface area contributed by atoms with Crippen LogP contribution in [-0.4, -0.2) is 41.4 Å². The van der Waals surface area contributed by atoms with E-state index in [9.17, 15) is 13.6 Å². The van der Waals surface area contributed by atoms with E-state index in [2.05, 4.69) is 0 Å². The summed E-state index contributed by atoms with van der Waals surface area (Å²) in [6.07, 6.45) is 1.70. The van der Waals surface area contributed by atoms with Gasteiger partial charge in [-0.1, -0.05) is 0 Å². The molecule has 2 unspecified atom stereocenters. The maximum Gasteiger partial charge on any atom is 0.329 e. The van der Waals surface area contributed by atoms with Gasteiger partial charge in [-0.25, -0.2) is 13.6 Å². The largest absolute Gasteiger partial charge is 0.490 e. The molecule has 138 valence electrons. The molecule has 25 heavy (non-hydrogen) atoms. The number of hydrogen-bond acceptors (Lipinski definition) is 5. The van der Waals surface area contributed by atoms with Gasteiger partial charge in [0.1, 0.15) is 11.4 Å². The first-order chi connectivity index (χ1) is 11.8. The first-order valence-corrected chi connectivity index (χ1v) is 8.51. The van der Waals surface area contributed by atoms with Crippen LogP contribution in [0.3, 0.4) is 0 Å². The van der Waals surface area contributed by atoms with Crippen LogP contribution in [0.5, 0.6) is 5.75 Å². The van der Waals surface area contributed by atoms with Crippen molar-refractivity contribution in [2.45, 2.75) is 57.2 Å². The lowest BCUT2D eigenvalue weighted by molar-refractivity contribution is -0.286. The maximum absolute atomic E-state index is 13.6. The second-order valence-electron chi connectivity index (χ2n) is 7.18. The molecule has 0 aromatic heterocycles. The molecule has 0 bridgehead atoms. The highest BCUT2D eigenvalue weighted by atomic mass is 19.1. The molecule has 2 aliphatic heterocycles. The average molecular weight is 355 g/mol. The molecule has 0 aliphatic carbocycles. The number of carbonyl (C=O) groups excluding carboxylic acids is 1. The van der Waals surface area contributed by atoms with E-state index >= 15 is 0 Å². The molecule has 0 spiro atoms. The van der Waals surface area contributed by atoms with E-state index in [0.29, 0.717) is 25.9 Å². The van der Waals surface area contributed by atoms with E-state index in [1.165, 1.54) is 0 Å². The highest BCUT2D eigenvalue weighted by Crippen LogP contribution is 2.52. The first-order valence-electron chi connectivity index (χ1n) is 8.51. The van der Waals surface area contributed by atoms with E-state index in [1.54, 1.807) is 12.0 Å². The predicted molar refractivity (Wildman–Crippen MR) is 85.9 cm³/mol. The number of benzene rings is 1. The summed E-state index contributed by atoms with van der Waals surface area (Å²) in [6, 6.07) is 3.07. The Labute approximate surface area is 145 Å². The minimum Gasteiger partial charge on any atom is -0.490 e. The lowest BCUT2D eigenvalue weighted by Gasteiger charge is -2.49. The summed E-state index contributed by atoms with van der Waals surface area (Å²) in [5.74, 6) is -1.53. The number of hydroxylamine groups is 2. The van der Waals surface area contributed by atoms with Gasteiger partial charge >= 0.3 is 5.97 Å². The Bertz CT molecular complexity index is 666. The quantitative estimate of drug-likeness (QED) is 0.734. The summed E-state index contributed by atoms with van der Waals surface area (Å²) < 4.78 is 37.3. The summed E-state index contributed by atoms with van der Waals surface area (Å²) in [6.45, 7) is 6.16. The van der Waals surface area contributed by atoms with Crippen molar-refractivity contribution in [1.29, 1.82) is 0 Å². The van der Waals surface area contributed by atoms with Crippen molar-refractivity contribution in [3.05, 3.63) is 29.8 Å². The topological polar surface area (TPSA) is 48.0 Å². The van der Waals surface area contributed by atoms with Crippen LogP contribution >= 0.6 is 0 Å². The molecule has 2 fully saturated rings. The molecule has 1 aromatic rings. The molecule has 7 heteroatoms. The summed E-state index contributed by atoms with van der Waals surface area (Å²) in [5.41, 5.74) is -1.19. The smallest absolute Gasteiger partial charge is 0.329 e. The van der Waals surface area contributed by atoms with Gasteiger partial charge in [0.25, 0.3) is 0 Å². The Balaban J connectivity index is 1.60. The maximum atomic E-state index is 13.6. The lowest BCUT2D eigenvalue weighted by Crippen LogP contribution is -2.66. The molecule has 0 saturated carbocycles. The van der Waals surface area contributed by atoms with Gasteiger partial charge in [0.2, 0.25) is 0 Å². The average Bonchev–Trinajstić information content (AvgIpc) is 2.75. The lowest BCUT2D eigenvalue weighted by atomic mass is 9.75. The molecular formula is C18H23F2NO4. The molecule has 2 heterocycles. The summed E-state index contributed by atoms with van der Waals surface area (Å²) in [5, 5.41) is 1.70. The minimum absolute atomic E-state index is 0.0252. The Kier molecular flexibility index (Phi) is 4.72. The monoisotopic (exact) mass is 355 g/mol. The summed E-state index contributed by atoms with van der Waals surface area (Å²) in [4.78, 5) is 18.3. The molecule has 2 aliphatic rings. The van der Waals surface area contributed by atoms with E-state index < -0.39 is 22.8 Å². The van der Waals surface area contributed by atoms with Gasteiger partial charge in [-0.3, -0.25) is 4.84 Å². The Morgan fingerprint density at radius 1 is 1.40 bits per heavy atom. The zero-order chi connectivity index (χ0) is 18.2. The molecule has 0 N–H and O–H groups in total. The van der Waals surface area contributed by atoms with E-state index in [4.69, 9.17) is 14.3 Å². The standard InChI is InChI=1S/C18H23F2NO4/c1-4-23-16(22)18-10-13(21(18)25-17(2,3)11-18)7-8-24-15-9-12(19)5-6-14(15)20/h5-6,9,13H,4,7-8,10-11H2,1-3H3. The van der Waals surface area contributed by atoms with Crippen molar-refractivity contribution in [3.63, 3.8) is 0 Å². The fourth-order valence-corrected chi connectivity index (χ4v) is 3.74. The van der Waals surface area contributed by atoms with Crippen molar-refractivity contribution in [1.82, 2.24) is 5.06 Å². The Morgan fingerprint density at radius 3 is 2.88 bits per heavy atom. The molecular weight excluding hydrogens is 332 g/mol. The normalized spacial score (nSPS) is 27.5. The van der Waals surface area contributed by atoms with Crippen LogP contribution < -0.4 is 4.74 Å². The third-order valence-electron chi connectivity index (χ3n) is 4.65. The van der Waals surface area contributed by atoms with Crippen LogP contribution in [0.4, 0.5) is 8.78 Å². The highest BCUT2D eigenvalue weighted by Gasteiger charge is 2.66. The van der Waals surface area contributed by atoms with Crippen LogP contribution in [0.15, 0.2) is 18.2 Å². The molecule has 5 nitrogen and oxygen atoms in total. The number of esters is 1. The number of nitrogens with zero attached hydrogens (tertiary/aromatic N) is 1. The van der Waals surface area contributed by atoms with E-state index in [-0.39, 0.29) is 24.4 Å². The SMILES string of the molecule is CCOC(=O)C12CC(CCOc3cc(F)ccc3F)N1OC(C)(C)C2. The number of hydrogen-bond donors (Lipinski definition) is 0. The molecule has 2 saturated heterocycles. The zero-order valence-electron chi connectivity index (χ0n) is 14.7. The van der Waals surface area contributed by atoms with Crippen LogP contribution in [0.1, 0.15) is 40.0 Å². The molecule has 2 atom stereocenters. The molecule has 0 amide bonds. The van der Waals surface area contributed by atoms with Gasteiger partial charge < -0.3 is 9.47 Å². The van der Waals surface area contributed by atoms with Crippen molar-refractivity contribution in [3.8, 4) is 5.75 Å². The molecule has 3 rings (SSSR count). The first kappa shape index (κ1) is 18.1. The van der Waals surface area contributed by atoms with Crippen LogP contribution in [0.2, 0.25) is 0 Å². The van der Waals surface area contributed by atoms with Gasteiger partial charge in [0.15, 0.2) is 11.6 Å². The van der Waals surface area contributed by atoms with E-state index in [1.807, 2.05) is 13.8 Å². The van der Waals surface area contributed by atoms with Gasteiger partial charge in [0, 0.05) is 18.5 Å². The van der Waals surface area contributed by atoms with Gasteiger partial charge in [-0.15, -0.1) is 0 Å². The Hall–Kier alpha value is -1.73. The number of fused-ring (bicyclic) bond motifs is 1. The van der Waals surface area contributed by atoms with Gasteiger partial charge in [-0.2, -0.15) is 5.06 Å². The second kappa shape index (κ2) is 6.53. The van der Waals surface area contributed by atoms with Crippen molar-refractivity contribution >= 4 is 5.97 Å².